The Morgan fingerprint density at radius 2 is 1.67 bits per heavy atom. The Morgan fingerprint density at radius 3 is 2.29 bits per heavy atom. The van der Waals surface area contributed by atoms with Crippen LogP contribution in [0.4, 0.5) is 0 Å². The molecular formula is C19H22O5. The van der Waals surface area contributed by atoms with Crippen LogP contribution in [-0.2, 0) is 23.9 Å². The molecule has 0 aromatic rings. The SMILES string of the molecule is C=C(C)[C@@H]1CC(=O)[C@H]2[C@H](C1)[C@@H]1C(=O)O[C@H]3[C@@H]1CC(=O)[C@@H]2[C@H]3C(C)=O. The summed E-state index contributed by atoms with van der Waals surface area (Å²) in [4.78, 5) is 50.5. The summed E-state index contributed by atoms with van der Waals surface area (Å²) in [5.41, 5.74) is 0.941. The zero-order chi connectivity index (χ0) is 17.3. The zero-order valence-electron chi connectivity index (χ0n) is 14.0. The summed E-state index contributed by atoms with van der Waals surface area (Å²) >= 11 is 0. The van der Waals surface area contributed by atoms with Crippen molar-refractivity contribution in [3.63, 3.8) is 0 Å². The van der Waals surface area contributed by atoms with E-state index in [0.29, 0.717) is 12.8 Å². The summed E-state index contributed by atoms with van der Waals surface area (Å²) in [7, 11) is 0. The minimum atomic E-state index is -0.648. The van der Waals surface area contributed by atoms with Crippen LogP contribution < -0.4 is 0 Å². The van der Waals surface area contributed by atoms with E-state index >= 15 is 0 Å². The maximum atomic E-state index is 12.9. The molecule has 0 aromatic heterocycles. The normalized spacial score (nSPS) is 46.3. The first kappa shape index (κ1) is 15.7. The number of ether oxygens (including phenoxy) is 1. The Kier molecular flexibility index (Phi) is 3.35. The molecule has 5 rings (SSSR count). The average molecular weight is 330 g/mol. The Bertz CT molecular complexity index is 677. The van der Waals surface area contributed by atoms with Crippen LogP contribution in [0.15, 0.2) is 12.2 Å². The second-order valence-electron chi connectivity index (χ2n) is 8.06. The molecule has 128 valence electrons. The van der Waals surface area contributed by atoms with Gasteiger partial charge in [0.2, 0.25) is 0 Å². The van der Waals surface area contributed by atoms with E-state index < -0.39 is 29.8 Å². The molecule has 1 aliphatic heterocycles. The topological polar surface area (TPSA) is 77.5 Å². The van der Waals surface area contributed by atoms with E-state index in [9.17, 15) is 19.2 Å². The number of ketones is 3. The van der Waals surface area contributed by atoms with Gasteiger partial charge in [-0.05, 0) is 32.1 Å². The summed E-state index contributed by atoms with van der Waals surface area (Å²) < 4.78 is 5.56. The third-order valence-electron chi connectivity index (χ3n) is 6.81. The van der Waals surface area contributed by atoms with Crippen LogP contribution in [-0.4, -0.2) is 29.4 Å². The third-order valence-corrected chi connectivity index (χ3v) is 6.81. The fraction of sp³-hybridized carbons (Fsp3) is 0.684. The number of fused-ring (bicyclic) bond motifs is 1. The van der Waals surface area contributed by atoms with E-state index in [1.807, 2.05) is 6.92 Å². The van der Waals surface area contributed by atoms with Crippen LogP contribution in [0.1, 0.15) is 33.1 Å². The van der Waals surface area contributed by atoms with E-state index in [4.69, 9.17) is 4.74 Å². The van der Waals surface area contributed by atoms with Gasteiger partial charge in [-0.3, -0.25) is 19.2 Å². The van der Waals surface area contributed by atoms with Crippen molar-refractivity contribution >= 4 is 23.3 Å². The number of allylic oxidation sites excluding steroid dienone is 1. The van der Waals surface area contributed by atoms with Crippen molar-refractivity contribution in [1.82, 2.24) is 0 Å². The molecule has 0 aromatic carbocycles. The largest absolute Gasteiger partial charge is 0.461 e. The molecule has 0 radical (unpaired) electrons. The Balaban J connectivity index is 1.85. The number of Topliss-reactive ketones (excluding diaryl/α,β-unsaturated/α-hetero) is 3. The number of hydrogen-bond acceptors (Lipinski definition) is 5. The van der Waals surface area contributed by atoms with E-state index in [2.05, 4.69) is 6.58 Å². The second kappa shape index (κ2) is 5.11. The van der Waals surface area contributed by atoms with Crippen LogP contribution in [0.5, 0.6) is 0 Å². The van der Waals surface area contributed by atoms with Gasteiger partial charge < -0.3 is 4.74 Å². The van der Waals surface area contributed by atoms with Gasteiger partial charge in [0, 0.05) is 30.6 Å². The first-order chi connectivity index (χ1) is 11.3. The molecule has 0 N–H and O–H groups in total. The zero-order valence-corrected chi connectivity index (χ0v) is 14.0. The lowest BCUT2D eigenvalue weighted by molar-refractivity contribution is -0.161. The predicted molar refractivity (Wildman–Crippen MR) is 83.7 cm³/mol. The van der Waals surface area contributed by atoms with Crippen LogP contribution in [0.2, 0.25) is 0 Å². The van der Waals surface area contributed by atoms with Gasteiger partial charge >= 0.3 is 5.97 Å². The lowest BCUT2D eigenvalue weighted by atomic mass is 9.61. The van der Waals surface area contributed by atoms with Crippen molar-refractivity contribution in [3.8, 4) is 0 Å². The molecule has 5 fully saturated rings. The van der Waals surface area contributed by atoms with Crippen LogP contribution in [0.3, 0.4) is 0 Å². The molecule has 1 saturated heterocycles. The Labute approximate surface area is 140 Å². The van der Waals surface area contributed by atoms with Crippen molar-refractivity contribution in [1.29, 1.82) is 0 Å². The van der Waals surface area contributed by atoms with Crippen LogP contribution >= 0.6 is 0 Å². The molecule has 5 aliphatic rings. The minimum absolute atomic E-state index is 0.0184. The molecule has 5 heteroatoms. The number of esters is 1. The smallest absolute Gasteiger partial charge is 0.309 e. The van der Waals surface area contributed by atoms with Gasteiger partial charge in [0.25, 0.3) is 0 Å². The van der Waals surface area contributed by atoms with Gasteiger partial charge in [-0.25, -0.2) is 0 Å². The van der Waals surface area contributed by atoms with Crippen molar-refractivity contribution in [3.05, 3.63) is 12.2 Å². The van der Waals surface area contributed by atoms with Gasteiger partial charge in [-0.2, -0.15) is 0 Å². The quantitative estimate of drug-likeness (QED) is 0.569. The van der Waals surface area contributed by atoms with Crippen molar-refractivity contribution in [2.75, 3.05) is 0 Å². The highest BCUT2D eigenvalue weighted by Gasteiger charge is 2.67. The lowest BCUT2D eigenvalue weighted by Gasteiger charge is -2.41. The molecule has 8 atom stereocenters. The van der Waals surface area contributed by atoms with Crippen molar-refractivity contribution in [2.45, 2.75) is 39.2 Å². The maximum absolute atomic E-state index is 12.9. The average Bonchev–Trinajstić information content (AvgIpc) is 2.66. The summed E-state index contributed by atoms with van der Waals surface area (Å²) in [6.45, 7) is 7.33. The fourth-order valence-corrected chi connectivity index (χ4v) is 5.82. The molecule has 4 aliphatic carbocycles. The van der Waals surface area contributed by atoms with E-state index in [0.717, 1.165) is 5.57 Å². The summed E-state index contributed by atoms with van der Waals surface area (Å²) in [6.07, 6.45) is 0.781. The number of carbonyl (C=O) groups is 4. The van der Waals surface area contributed by atoms with Crippen LogP contribution in [0.25, 0.3) is 0 Å². The summed E-state index contributed by atoms with van der Waals surface area (Å²) in [5, 5.41) is 0. The predicted octanol–water partition coefficient (Wildman–Crippen LogP) is 1.74. The van der Waals surface area contributed by atoms with Gasteiger partial charge in [-0.1, -0.05) is 12.2 Å². The molecule has 24 heavy (non-hydrogen) atoms. The maximum Gasteiger partial charge on any atom is 0.309 e. The number of rotatable bonds is 2. The lowest BCUT2D eigenvalue weighted by Crippen LogP contribution is -2.50. The number of carbonyl (C=O) groups excluding carboxylic acids is 4. The minimum Gasteiger partial charge on any atom is -0.461 e. The molecule has 4 saturated carbocycles. The second-order valence-corrected chi connectivity index (χ2v) is 8.06. The van der Waals surface area contributed by atoms with Gasteiger partial charge in [0.1, 0.15) is 23.5 Å². The monoisotopic (exact) mass is 330 g/mol. The fourth-order valence-electron chi connectivity index (χ4n) is 5.82. The summed E-state index contributed by atoms with van der Waals surface area (Å²) in [6, 6.07) is 0. The highest BCUT2D eigenvalue weighted by atomic mass is 16.6. The van der Waals surface area contributed by atoms with Crippen molar-refractivity contribution in [2.24, 2.45) is 41.4 Å². The molecule has 0 unspecified atom stereocenters. The number of hydrogen-bond donors (Lipinski definition) is 0. The van der Waals surface area contributed by atoms with Gasteiger partial charge in [0.15, 0.2) is 0 Å². The molecular weight excluding hydrogens is 308 g/mol. The molecule has 1 heterocycles. The first-order valence-corrected chi connectivity index (χ1v) is 8.73. The molecule has 4 bridgehead atoms. The van der Waals surface area contributed by atoms with Gasteiger partial charge in [0.05, 0.1) is 11.8 Å². The molecule has 0 amide bonds. The Hall–Kier alpha value is -1.78. The molecule has 5 nitrogen and oxygen atoms in total. The van der Waals surface area contributed by atoms with Crippen LogP contribution in [0, 0.1) is 41.4 Å². The van der Waals surface area contributed by atoms with E-state index in [1.165, 1.54) is 6.92 Å². The molecule has 0 spiro atoms. The standard InChI is InChI=1S/C19H22O5/c1-7(2)9-4-10-15-11-6-13(22)17(16(10)12(21)5-9)14(8(3)20)18(11)24-19(15)23/h9-11,14-18H,1,4-6H2,2-3H3/t9-,10+,11+,14+,15-,16+,17+,18-/m0/s1. The van der Waals surface area contributed by atoms with E-state index in [1.54, 1.807) is 0 Å². The summed E-state index contributed by atoms with van der Waals surface area (Å²) in [5.74, 6) is -3.07. The Morgan fingerprint density at radius 1 is 1.00 bits per heavy atom. The van der Waals surface area contributed by atoms with Gasteiger partial charge in [-0.15, -0.1) is 0 Å². The first-order valence-electron chi connectivity index (χ1n) is 8.73. The van der Waals surface area contributed by atoms with E-state index in [-0.39, 0.29) is 47.5 Å². The highest BCUT2D eigenvalue weighted by molar-refractivity contribution is 5.98. The van der Waals surface area contributed by atoms with Crippen molar-refractivity contribution < 1.29 is 23.9 Å². The highest BCUT2D eigenvalue weighted by Crippen LogP contribution is 2.58. The third kappa shape index (κ3) is 1.93.